The number of anilines is 2. The van der Waals surface area contributed by atoms with E-state index in [1.165, 1.54) is 14.2 Å². The fraction of sp³-hybridized carbons (Fsp3) is 0.364. The number of benzene rings is 2. The standard InChI is InChI=1S/C22H26N2O5/c1-22(2)21(26)24(17-9-6-5-8-16(17)23-22)12-7-13-29-20(25)15-10-11-18(27-3)19(14-15)28-4/h5-6,8-11,14,23H,7,12-13H2,1-4H3. The van der Waals surface area contributed by atoms with Gasteiger partial charge >= 0.3 is 5.97 Å². The minimum absolute atomic E-state index is 0.0117. The van der Waals surface area contributed by atoms with Gasteiger partial charge in [0.25, 0.3) is 5.91 Å². The van der Waals surface area contributed by atoms with E-state index in [1.54, 1.807) is 23.1 Å². The van der Waals surface area contributed by atoms with Crippen molar-refractivity contribution in [3.63, 3.8) is 0 Å². The van der Waals surface area contributed by atoms with Crippen molar-refractivity contribution in [3.8, 4) is 11.5 Å². The molecule has 2 aromatic carbocycles. The lowest BCUT2D eigenvalue weighted by molar-refractivity contribution is -0.122. The maximum atomic E-state index is 12.8. The summed E-state index contributed by atoms with van der Waals surface area (Å²) >= 11 is 0. The molecule has 0 atom stereocenters. The molecule has 1 aliphatic rings. The Kier molecular flexibility index (Phi) is 5.96. The van der Waals surface area contributed by atoms with Gasteiger partial charge in [0.05, 0.1) is 37.8 Å². The average molecular weight is 398 g/mol. The third-order valence-corrected chi connectivity index (χ3v) is 4.80. The predicted octanol–water partition coefficient (Wildman–Crippen LogP) is 3.49. The van der Waals surface area contributed by atoms with Gasteiger partial charge in [-0.2, -0.15) is 0 Å². The van der Waals surface area contributed by atoms with E-state index >= 15 is 0 Å². The zero-order valence-electron chi connectivity index (χ0n) is 17.2. The van der Waals surface area contributed by atoms with Crippen LogP contribution in [-0.2, 0) is 9.53 Å². The Morgan fingerprint density at radius 1 is 1.07 bits per heavy atom. The molecule has 7 heteroatoms. The second-order valence-electron chi connectivity index (χ2n) is 7.28. The van der Waals surface area contributed by atoms with Crippen LogP contribution in [0.5, 0.6) is 11.5 Å². The molecule has 2 aromatic rings. The van der Waals surface area contributed by atoms with Gasteiger partial charge in [-0.05, 0) is 50.6 Å². The summed E-state index contributed by atoms with van der Waals surface area (Å²) in [6, 6.07) is 12.6. The van der Waals surface area contributed by atoms with Crippen molar-refractivity contribution in [3.05, 3.63) is 48.0 Å². The molecule has 0 saturated carbocycles. The third kappa shape index (κ3) is 4.29. The summed E-state index contributed by atoms with van der Waals surface area (Å²) in [5.41, 5.74) is 1.44. The van der Waals surface area contributed by atoms with E-state index in [1.807, 2.05) is 38.1 Å². The van der Waals surface area contributed by atoms with Crippen LogP contribution in [-0.4, -0.2) is 44.8 Å². The Labute approximate surface area is 170 Å². The molecule has 0 fully saturated rings. The first-order valence-electron chi connectivity index (χ1n) is 9.45. The first-order valence-corrected chi connectivity index (χ1v) is 9.45. The highest BCUT2D eigenvalue weighted by Crippen LogP contribution is 2.35. The molecule has 0 radical (unpaired) electrons. The van der Waals surface area contributed by atoms with Gasteiger partial charge in [0.1, 0.15) is 5.54 Å². The molecule has 0 bridgehead atoms. The predicted molar refractivity (Wildman–Crippen MR) is 111 cm³/mol. The summed E-state index contributed by atoms with van der Waals surface area (Å²) in [5, 5.41) is 3.27. The molecule has 0 unspecified atom stereocenters. The van der Waals surface area contributed by atoms with Crippen molar-refractivity contribution >= 4 is 23.3 Å². The molecule has 3 rings (SSSR count). The summed E-state index contributed by atoms with van der Waals surface area (Å²) in [5.74, 6) is 0.551. The summed E-state index contributed by atoms with van der Waals surface area (Å²) < 4.78 is 15.8. The van der Waals surface area contributed by atoms with Crippen molar-refractivity contribution in [1.82, 2.24) is 0 Å². The van der Waals surface area contributed by atoms with Crippen LogP contribution in [0, 0.1) is 0 Å². The monoisotopic (exact) mass is 398 g/mol. The molecule has 0 aromatic heterocycles. The number of hydrogen-bond acceptors (Lipinski definition) is 6. The van der Waals surface area contributed by atoms with Crippen LogP contribution in [0.3, 0.4) is 0 Å². The molecule has 7 nitrogen and oxygen atoms in total. The first kappa shape index (κ1) is 20.5. The Hall–Kier alpha value is -3.22. The van der Waals surface area contributed by atoms with Gasteiger partial charge in [-0.1, -0.05) is 12.1 Å². The lowest BCUT2D eigenvalue weighted by atomic mass is 9.98. The van der Waals surface area contributed by atoms with E-state index in [0.717, 1.165) is 11.4 Å². The zero-order chi connectivity index (χ0) is 21.0. The molecule has 154 valence electrons. The van der Waals surface area contributed by atoms with Gasteiger partial charge in [0.15, 0.2) is 11.5 Å². The maximum absolute atomic E-state index is 12.8. The molecule has 1 N–H and O–H groups in total. The van der Waals surface area contributed by atoms with Crippen LogP contribution in [0.2, 0.25) is 0 Å². The normalized spacial score (nSPS) is 14.6. The van der Waals surface area contributed by atoms with E-state index in [4.69, 9.17) is 14.2 Å². The number of methoxy groups -OCH3 is 2. The van der Waals surface area contributed by atoms with Crippen molar-refractivity contribution in [2.45, 2.75) is 25.8 Å². The largest absolute Gasteiger partial charge is 0.493 e. The van der Waals surface area contributed by atoms with Gasteiger partial charge in [0.2, 0.25) is 0 Å². The SMILES string of the molecule is COc1ccc(C(=O)OCCCN2C(=O)C(C)(C)Nc3ccccc32)cc1OC. The molecule has 0 aliphatic carbocycles. The number of nitrogens with zero attached hydrogens (tertiary/aromatic N) is 1. The van der Waals surface area contributed by atoms with Crippen LogP contribution in [0.4, 0.5) is 11.4 Å². The Morgan fingerprint density at radius 2 is 1.79 bits per heavy atom. The van der Waals surface area contributed by atoms with Gasteiger partial charge in [-0.3, -0.25) is 4.79 Å². The summed E-state index contributed by atoms with van der Waals surface area (Å²) in [6.45, 7) is 4.37. The zero-order valence-corrected chi connectivity index (χ0v) is 17.2. The number of esters is 1. The number of carbonyl (C=O) groups excluding carboxylic acids is 2. The molecule has 1 aliphatic heterocycles. The van der Waals surface area contributed by atoms with Crippen LogP contribution >= 0.6 is 0 Å². The van der Waals surface area contributed by atoms with Crippen LogP contribution in [0.15, 0.2) is 42.5 Å². The number of fused-ring (bicyclic) bond motifs is 1. The van der Waals surface area contributed by atoms with Gasteiger partial charge in [-0.15, -0.1) is 0 Å². The highest BCUT2D eigenvalue weighted by atomic mass is 16.5. The first-order chi connectivity index (χ1) is 13.9. The topological polar surface area (TPSA) is 77.1 Å². The van der Waals surface area contributed by atoms with E-state index in [-0.39, 0.29) is 12.5 Å². The molecule has 0 spiro atoms. The van der Waals surface area contributed by atoms with Crippen LogP contribution in [0.1, 0.15) is 30.6 Å². The van der Waals surface area contributed by atoms with Crippen LogP contribution < -0.4 is 19.7 Å². The molecular formula is C22H26N2O5. The Bertz CT molecular complexity index is 910. The fourth-order valence-corrected chi connectivity index (χ4v) is 3.31. The Balaban J connectivity index is 1.60. The van der Waals surface area contributed by atoms with E-state index in [2.05, 4.69) is 5.32 Å². The molecule has 0 saturated heterocycles. The van der Waals surface area contributed by atoms with Gasteiger partial charge in [-0.25, -0.2) is 4.79 Å². The number of rotatable bonds is 7. The quantitative estimate of drug-likeness (QED) is 0.568. The molecular weight excluding hydrogens is 372 g/mol. The number of amides is 1. The smallest absolute Gasteiger partial charge is 0.338 e. The van der Waals surface area contributed by atoms with Crippen molar-refractivity contribution < 1.29 is 23.8 Å². The van der Waals surface area contributed by atoms with Crippen molar-refractivity contribution in [1.29, 1.82) is 0 Å². The second-order valence-corrected chi connectivity index (χ2v) is 7.28. The number of nitrogens with one attached hydrogen (secondary N) is 1. The van der Waals surface area contributed by atoms with E-state index in [9.17, 15) is 9.59 Å². The molecule has 1 heterocycles. The Morgan fingerprint density at radius 3 is 2.52 bits per heavy atom. The van der Waals surface area contributed by atoms with Crippen molar-refractivity contribution in [2.24, 2.45) is 0 Å². The number of hydrogen-bond donors (Lipinski definition) is 1. The summed E-state index contributed by atoms with van der Waals surface area (Å²) in [6.07, 6.45) is 0.523. The van der Waals surface area contributed by atoms with Crippen LogP contribution in [0.25, 0.3) is 0 Å². The number of ether oxygens (including phenoxy) is 3. The lowest BCUT2D eigenvalue weighted by Crippen LogP contribution is -2.54. The third-order valence-electron chi connectivity index (χ3n) is 4.80. The lowest BCUT2D eigenvalue weighted by Gasteiger charge is -2.40. The van der Waals surface area contributed by atoms with Gasteiger partial charge < -0.3 is 24.4 Å². The molecule has 29 heavy (non-hydrogen) atoms. The van der Waals surface area contributed by atoms with Gasteiger partial charge in [0, 0.05) is 6.54 Å². The minimum atomic E-state index is -0.690. The highest BCUT2D eigenvalue weighted by molar-refractivity contribution is 6.07. The number of para-hydroxylation sites is 2. The van der Waals surface area contributed by atoms with E-state index < -0.39 is 11.5 Å². The summed E-state index contributed by atoms with van der Waals surface area (Å²) in [7, 11) is 3.05. The average Bonchev–Trinajstić information content (AvgIpc) is 2.72. The summed E-state index contributed by atoms with van der Waals surface area (Å²) in [4.78, 5) is 26.9. The van der Waals surface area contributed by atoms with E-state index in [0.29, 0.717) is 30.0 Å². The van der Waals surface area contributed by atoms with Crippen molar-refractivity contribution in [2.75, 3.05) is 37.6 Å². The maximum Gasteiger partial charge on any atom is 0.338 e. The fourth-order valence-electron chi connectivity index (χ4n) is 3.31. The minimum Gasteiger partial charge on any atom is -0.493 e. The molecule has 1 amide bonds. The highest BCUT2D eigenvalue weighted by Gasteiger charge is 2.38. The second kappa shape index (κ2) is 8.43. The number of carbonyl (C=O) groups is 2.